The maximum atomic E-state index is 12.9. The zero-order valence-corrected chi connectivity index (χ0v) is 17.3. The molecule has 8 heteroatoms. The van der Waals surface area contributed by atoms with Crippen molar-refractivity contribution in [1.82, 2.24) is 14.8 Å². The molecule has 1 amide bonds. The van der Waals surface area contributed by atoms with E-state index >= 15 is 0 Å². The Kier molecular flexibility index (Phi) is 5.49. The Morgan fingerprint density at radius 2 is 1.90 bits per heavy atom. The Bertz CT molecular complexity index is 1220. The molecule has 0 aliphatic rings. The van der Waals surface area contributed by atoms with E-state index in [0.29, 0.717) is 27.8 Å². The number of aromatic amines is 1. The van der Waals surface area contributed by atoms with E-state index in [0.717, 1.165) is 11.3 Å². The van der Waals surface area contributed by atoms with Crippen LogP contribution in [-0.2, 0) is 11.2 Å². The number of thiazole rings is 1. The average molecular weight is 420 g/mol. The van der Waals surface area contributed by atoms with E-state index in [1.807, 2.05) is 35.7 Å². The standard InChI is InChI=1S/C22H20N4O3S/c1-14-18(12-20(27)23-16-8-10-17(29-2)11-9-16)21(28)26(25-14)22-24-19(13-30-22)15-6-4-3-5-7-15/h3-11,13,25H,12H2,1-2H3,(H,23,27). The number of anilines is 1. The minimum Gasteiger partial charge on any atom is -0.497 e. The lowest BCUT2D eigenvalue weighted by Crippen LogP contribution is -2.22. The molecule has 7 nitrogen and oxygen atoms in total. The molecule has 0 unspecified atom stereocenters. The van der Waals surface area contributed by atoms with Crippen LogP contribution in [0.2, 0.25) is 0 Å². The first kappa shape index (κ1) is 19.7. The van der Waals surface area contributed by atoms with Crippen molar-refractivity contribution in [1.29, 1.82) is 0 Å². The number of aromatic nitrogens is 3. The van der Waals surface area contributed by atoms with Crippen LogP contribution in [0.1, 0.15) is 11.3 Å². The molecule has 0 bridgehead atoms. The Balaban J connectivity index is 1.53. The number of methoxy groups -OCH3 is 1. The molecule has 0 fully saturated rings. The molecule has 152 valence electrons. The number of rotatable bonds is 6. The number of carbonyl (C=O) groups is 1. The van der Waals surface area contributed by atoms with Crippen molar-refractivity contribution in [3.8, 4) is 22.1 Å². The summed E-state index contributed by atoms with van der Waals surface area (Å²) in [4.78, 5) is 29.9. The molecule has 2 aromatic heterocycles. The normalized spacial score (nSPS) is 10.7. The Labute approximate surface area is 177 Å². The summed E-state index contributed by atoms with van der Waals surface area (Å²) in [5, 5.41) is 8.27. The second-order valence-electron chi connectivity index (χ2n) is 6.69. The van der Waals surface area contributed by atoms with Crippen molar-refractivity contribution in [2.75, 3.05) is 12.4 Å². The van der Waals surface area contributed by atoms with Gasteiger partial charge < -0.3 is 10.1 Å². The van der Waals surface area contributed by atoms with Crippen LogP contribution in [0.4, 0.5) is 5.69 Å². The zero-order chi connectivity index (χ0) is 21.1. The summed E-state index contributed by atoms with van der Waals surface area (Å²) in [5.74, 6) is 0.436. The minimum absolute atomic E-state index is 0.0306. The molecule has 0 saturated carbocycles. The molecule has 4 aromatic rings. The lowest BCUT2D eigenvalue weighted by Gasteiger charge is -2.05. The number of H-pyrrole nitrogens is 1. The lowest BCUT2D eigenvalue weighted by molar-refractivity contribution is -0.115. The molecule has 0 aliphatic heterocycles. The van der Waals surface area contributed by atoms with Crippen LogP contribution >= 0.6 is 11.3 Å². The number of hydrogen-bond donors (Lipinski definition) is 2. The van der Waals surface area contributed by atoms with Crippen molar-refractivity contribution in [2.45, 2.75) is 13.3 Å². The predicted octanol–water partition coefficient (Wildman–Crippen LogP) is 3.79. The van der Waals surface area contributed by atoms with Crippen molar-refractivity contribution in [3.05, 3.63) is 81.6 Å². The quantitative estimate of drug-likeness (QED) is 0.497. The van der Waals surface area contributed by atoms with E-state index < -0.39 is 0 Å². The van der Waals surface area contributed by atoms with Crippen LogP contribution in [0.3, 0.4) is 0 Å². The smallest absolute Gasteiger partial charge is 0.277 e. The highest BCUT2D eigenvalue weighted by Crippen LogP contribution is 2.23. The van der Waals surface area contributed by atoms with Gasteiger partial charge >= 0.3 is 0 Å². The summed E-state index contributed by atoms with van der Waals surface area (Å²) < 4.78 is 6.50. The maximum absolute atomic E-state index is 12.9. The highest BCUT2D eigenvalue weighted by molar-refractivity contribution is 7.12. The van der Waals surface area contributed by atoms with Gasteiger partial charge in [0.15, 0.2) is 0 Å². The van der Waals surface area contributed by atoms with Crippen LogP contribution in [0.5, 0.6) is 5.75 Å². The molecule has 0 atom stereocenters. The van der Waals surface area contributed by atoms with Crippen molar-refractivity contribution in [2.24, 2.45) is 0 Å². The van der Waals surface area contributed by atoms with E-state index in [1.54, 1.807) is 38.3 Å². The molecule has 2 N–H and O–H groups in total. The summed E-state index contributed by atoms with van der Waals surface area (Å²) in [6, 6.07) is 16.8. The summed E-state index contributed by atoms with van der Waals surface area (Å²) in [5.41, 5.74) is 3.20. The van der Waals surface area contributed by atoms with Crippen LogP contribution in [0, 0.1) is 6.92 Å². The zero-order valence-electron chi connectivity index (χ0n) is 16.5. The third-order valence-electron chi connectivity index (χ3n) is 4.66. The molecule has 0 saturated heterocycles. The van der Waals surface area contributed by atoms with Gasteiger partial charge in [-0.05, 0) is 31.2 Å². The van der Waals surface area contributed by atoms with Gasteiger partial charge in [-0.1, -0.05) is 30.3 Å². The van der Waals surface area contributed by atoms with Crippen LogP contribution < -0.4 is 15.6 Å². The second kappa shape index (κ2) is 8.38. The SMILES string of the molecule is COc1ccc(NC(=O)Cc2c(C)[nH]n(-c3nc(-c4ccccc4)cs3)c2=O)cc1. The number of aryl methyl sites for hydroxylation is 1. The molecule has 0 radical (unpaired) electrons. The molecule has 2 heterocycles. The van der Waals surface area contributed by atoms with Crippen molar-refractivity contribution >= 4 is 22.9 Å². The molecule has 4 rings (SSSR count). The van der Waals surface area contributed by atoms with Gasteiger partial charge in [0, 0.05) is 27.9 Å². The Morgan fingerprint density at radius 3 is 2.60 bits per heavy atom. The summed E-state index contributed by atoms with van der Waals surface area (Å²) >= 11 is 1.37. The molecular formula is C22H20N4O3S. The third kappa shape index (κ3) is 4.04. The van der Waals surface area contributed by atoms with Gasteiger partial charge in [0.05, 0.1) is 19.2 Å². The molecule has 0 spiro atoms. The predicted molar refractivity (Wildman–Crippen MR) is 118 cm³/mol. The van der Waals surface area contributed by atoms with Gasteiger partial charge in [0.25, 0.3) is 5.56 Å². The molecule has 2 aromatic carbocycles. The first-order valence-corrected chi connectivity index (χ1v) is 10.2. The van der Waals surface area contributed by atoms with Gasteiger partial charge in [-0.3, -0.25) is 14.7 Å². The fourth-order valence-electron chi connectivity index (χ4n) is 3.07. The fourth-order valence-corrected chi connectivity index (χ4v) is 3.86. The van der Waals surface area contributed by atoms with Gasteiger partial charge in [-0.25, -0.2) is 4.98 Å². The van der Waals surface area contributed by atoms with Crippen molar-refractivity contribution < 1.29 is 9.53 Å². The summed E-state index contributed by atoms with van der Waals surface area (Å²) in [7, 11) is 1.58. The molecule has 30 heavy (non-hydrogen) atoms. The van der Waals surface area contributed by atoms with E-state index in [9.17, 15) is 9.59 Å². The number of hydrogen-bond acceptors (Lipinski definition) is 5. The monoisotopic (exact) mass is 420 g/mol. The second-order valence-corrected chi connectivity index (χ2v) is 7.53. The van der Waals surface area contributed by atoms with E-state index in [4.69, 9.17) is 4.74 Å². The molecular weight excluding hydrogens is 400 g/mol. The highest BCUT2D eigenvalue weighted by Gasteiger charge is 2.18. The number of benzene rings is 2. The first-order chi connectivity index (χ1) is 14.5. The first-order valence-electron chi connectivity index (χ1n) is 9.31. The fraction of sp³-hybridized carbons (Fsp3) is 0.136. The van der Waals surface area contributed by atoms with Crippen LogP contribution in [-0.4, -0.2) is 27.8 Å². The van der Waals surface area contributed by atoms with Crippen LogP contribution in [0.25, 0.3) is 16.4 Å². The van der Waals surface area contributed by atoms with Gasteiger partial charge in [-0.15, -0.1) is 11.3 Å². The van der Waals surface area contributed by atoms with Gasteiger partial charge in [-0.2, -0.15) is 4.68 Å². The maximum Gasteiger partial charge on any atom is 0.277 e. The largest absolute Gasteiger partial charge is 0.497 e. The summed E-state index contributed by atoms with van der Waals surface area (Å²) in [6.45, 7) is 1.78. The van der Waals surface area contributed by atoms with Crippen LogP contribution in [0.15, 0.2) is 64.8 Å². The third-order valence-corrected chi connectivity index (χ3v) is 5.48. The number of amides is 1. The molecule has 0 aliphatic carbocycles. The van der Waals surface area contributed by atoms with E-state index in [1.165, 1.54) is 16.0 Å². The average Bonchev–Trinajstić information content (AvgIpc) is 3.35. The minimum atomic E-state index is -0.272. The number of nitrogens with zero attached hydrogens (tertiary/aromatic N) is 2. The van der Waals surface area contributed by atoms with Gasteiger partial charge in [0.2, 0.25) is 11.0 Å². The van der Waals surface area contributed by atoms with Gasteiger partial charge in [0.1, 0.15) is 5.75 Å². The highest BCUT2D eigenvalue weighted by atomic mass is 32.1. The Hall–Kier alpha value is -3.65. The topological polar surface area (TPSA) is 89.0 Å². The lowest BCUT2D eigenvalue weighted by atomic mass is 10.2. The number of ether oxygens (including phenoxy) is 1. The summed E-state index contributed by atoms with van der Waals surface area (Å²) in [6.07, 6.45) is -0.0306. The van der Waals surface area contributed by atoms with E-state index in [2.05, 4.69) is 15.4 Å². The number of nitrogens with one attached hydrogen (secondary N) is 2. The Morgan fingerprint density at radius 1 is 1.17 bits per heavy atom. The van der Waals surface area contributed by atoms with E-state index in [-0.39, 0.29) is 17.9 Å². The number of carbonyl (C=O) groups excluding carboxylic acids is 1. The van der Waals surface area contributed by atoms with Crippen molar-refractivity contribution in [3.63, 3.8) is 0 Å².